The van der Waals surface area contributed by atoms with Crippen LogP contribution in [0, 0.1) is 0 Å². The SMILES string of the molecule is CCN(CC)C(C)(C)CNC(=O)c1ccc(NS(C)(=O)=O)cc1. The Labute approximate surface area is 139 Å². The second-order valence-corrected chi connectivity index (χ2v) is 7.87. The predicted molar refractivity (Wildman–Crippen MR) is 94.2 cm³/mol. The number of hydrogen-bond donors (Lipinski definition) is 2. The number of hydrogen-bond acceptors (Lipinski definition) is 4. The fraction of sp³-hybridized carbons (Fsp3) is 0.562. The second kappa shape index (κ2) is 7.79. The molecule has 0 fully saturated rings. The zero-order chi connectivity index (χ0) is 17.7. The van der Waals surface area contributed by atoms with Gasteiger partial charge in [0.05, 0.1) is 6.26 Å². The molecule has 0 spiro atoms. The van der Waals surface area contributed by atoms with Crippen LogP contribution in [-0.2, 0) is 10.0 Å². The molecule has 0 saturated carbocycles. The smallest absolute Gasteiger partial charge is 0.251 e. The molecule has 1 aromatic rings. The maximum atomic E-state index is 12.2. The molecule has 1 aromatic carbocycles. The molecule has 0 bridgehead atoms. The Balaban J connectivity index is 2.68. The number of sulfonamides is 1. The molecule has 0 aliphatic rings. The van der Waals surface area contributed by atoms with Crippen LogP contribution >= 0.6 is 0 Å². The van der Waals surface area contributed by atoms with E-state index in [1.54, 1.807) is 24.3 Å². The van der Waals surface area contributed by atoms with Crippen LogP contribution in [-0.4, -0.2) is 50.7 Å². The molecule has 0 aliphatic carbocycles. The third kappa shape index (κ3) is 6.19. The third-order valence-corrected chi connectivity index (χ3v) is 4.36. The molecule has 0 saturated heterocycles. The van der Waals surface area contributed by atoms with E-state index >= 15 is 0 Å². The van der Waals surface area contributed by atoms with Gasteiger partial charge in [-0.2, -0.15) is 0 Å². The lowest BCUT2D eigenvalue weighted by Crippen LogP contribution is -2.51. The van der Waals surface area contributed by atoms with Gasteiger partial charge in [-0.15, -0.1) is 0 Å². The molecule has 0 heterocycles. The van der Waals surface area contributed by atoms with Gasteiger partial charge in [-0.25, -0.2) is 8.42 Å². The molecule has 0 unspecified atom stereocenters. The molecule has 0 atom stereocenters. The van der Waals surface area contributed by atoms with Crippen LogP contribution in [0.15, 0.2) is 24.3 Å². The van der Waals surface area contributed by atoms with Gasteiger partial charge in [0.15, 0.2) is 0 Å². The Morgan fingerprint density at radius 3 is 2.09 bits per heavy atom. The number of benzene rings is 1. The standard InChI is InChI=1S/C16H27N3O3S/c1-6-19(7-2)16(3,4)12-17-15(20)13-8-10-14(11-9-13)18-23(5,21)22/h8-11,18H,6-7,12H2,1-5H3,(H,17,20). The van der Waals surface area contributed by atoms with Gasteiger partial charge in [-0.1, -0.05) is 13.8 Å². The molecular formula is C16H27N3O3S. The van der Waals surface area contributed by atoms with E-state index in [0.717, 1.165) is 19.3 Å². The number of carbonyl (C=O) groups excluding carboxylic acids is 1. The number of rotatable bonds is 8. The lowest BCUT2D eigenvalue weighted by atomic mass is 10.0. The minimum atomic E-state index is -3.31. The molecule has 23 heavy (non-hydrogen) atoms. The zero-order valence-electron chi connectivity index (χ0n) is 14.5. The first kappa shape index (κ1) is 19.4. The molecule has 0 radical (unpaired) electrons. The van der Waals surface area contributed by atoms with Gasteiger partial charge in [0, 0.05) is 23.3 Å². The van der Waals surface area contributed by atoms with Gasteiger partial charge in [0.1, 0.15) is 0 Å². The Morgan fingerprint density at radius 2 is 1.65 bits per heavy atom. The fourth-order valence-corrected chi connectivity index (χ4v) is 3.06. The van der Waals surface area contributed by atoms with E-state index in [9.17, 15) is 13.2 Å². The summed E-state index contributed by atoms with van der Waals surface area (Å²) in [4.78, 5) is 14.5. The summed E-state index contributed by atoms with van der Waals surface area (Å²) in [6.07, 6.45) is 1.09. The number of nitrogens with zero attached hydrogens (tertiary/aromatic N) is 1. The minimum Gasteiger partial charge on any atom is -0.350 e. The summed E-state index contributed by atoms with van der Waals surface area (Å²) in [5.74, 6) is -0.170. The lowest BCUT2D eigenvalue weighted by molar-refractivity contribution is 0.0885. The Morgan fingerprint density at radius 1 is 1.13 bits per heavy atom. The van der Waals surface area contributed by atoms with Crippen LogP contribution in [0.3, 0.4) is 0 Å². The van der Waals surface area contributed by atoms with E-state index in [2.05, 4.69) is 42.6 Å². The van der Waals surface area contributed by atoms with E-state index in [1.165, 1.54) is 0 Å². The van der Waals surface area contributed by atoms with E-state index in [-0.39, 0.29) is 11.4 Å². The van der Waals surface area contributed by atoms with Crippen molar-refractivity contribution in [2.75, 3.05) is 30.6 Å². The Bertz CT molecular complexity index is 620. The van der Waals surface area contributed by atoms with Gasteiger partial charge in [0.2, 0.25) is 10.0 Å². The van der Waals surface area contributed by atoms with Crippen LogP contribution < -0.4 is 10.0 Å². The van der Waals surface area contributed by atoms with Crippen molar-refractivity contribution in [3.05, 3.63) is 29.8 Å². The number of carbonyl (C=O) groups is 1. The average molecular weight is 341 g/mol. The van der Waals surface area contributed by atoms with Gasteiger partial charge in [-0.3, -0.25) is 14.4 Å². The van der Waals surface area contributed by atoms with Crippen molar-refractivity contribution >= 4 is 21.6 Å². The van der Waals surface area contributed by atoms with E-state index in [4.69, 9.17) is 0 Å². The van der Waals surface area contributed by atoms with Crippen LogP contribution in [0.5, 0.6) is 0 Å². The fourth-order valence-electron chi connectivity index (χ4n) is 2.49. The number of amides is 1. The van der Waals surface area contributed by atoms with Gasteiger partial charge in [0.25, 0.3) is 5.91 Å². The first-order valence-electron chi connectivity index (χ1n) is 7.70. The summed E-state index contributed by atoms with van der Waals surface area (Å²) in [5.41, 5.74) is 0.809. The van der Waals surface area contributed by atoms with Gasteiger partial charge in [-0.05, 0) is 51.2 Å². The summed E-state index contributed by atoms with van der Waals surface area (Å²) in [6, 6.07) is 6.36. The summed E-state index contributed by atoms with van der Waals surface area (Å²) in [6.45, 7) is 10.8. The number of nitrogens with one attached hydrogen (secondary N) is 2. The first-order chi connectivity index (χ1) is 10.6. The molecule has 1 amide bonds. The summed E-state index contributed by atoms with van der Waals surface area (Å²) in [5, 5.41) is 2.94. The normalized spacial score (nSPS) is 12.3. The van der Waals surface area contributed by atoms with E-state index in [0.29, 0.717) is 17.8 Å². The molecule has 6 nitrogen and oxygen atoms in total. The van der Waals surface area contributed by atoms with Crippen molar-refractivity contribution in [1.29, 1.82) is 0 Å². The molecule has 1 rings (SSSR count). The van der Waals surface area contributed by atoms with E-state index in [1.807, 2.05) is 0 Å². The van der Waals surface area contributed by atoms with Crippen LogP contribution in [0.2, 0.25) is 0 Å². The van der Waals surface area contributed by atoms with Gasteiger partial charge < -0.3 is 5.32 Å². The van der Waals surface area contributed by atoms with Crippen molar-refractivity contribution in [1.82, 2.24) is 10.2 Å². The number of likely N-dealkylation sites (N-methyl/N-ethyl adjacent to an activating group) is 1. The van der Waals surface area contributed by atoms with Crippen molar-refractivity contribution in [3.8, 4) is 0 Å². The van der Waals surface area contributed by atoms with Crippen molar-refractivity contribution < 1.29 is 13.2 Å². The highest BCUT2D eigenvalue weighted by atomic mass is 32.2. The topological polar surface area (TPSA) is 78.5 Å². The maximum Gasteiger partial charge on any atom is 0.251 e. The monoisotopic (exact) mass is 341 g/mol. The highest BCUT2D eigenvalue weighted by molar-refractivity contribution is 7.92. The van der Waals surface area contributed by atoms with Crippen LogP contribution in [0.1, 0.15) is 38.1 Å². The number of anilines is 1. The third-order valence-electron chi connectivity index (χ3n) is 3.75. The summed E-state index contributed by atoms with van der Waals surface area (Å²) in [7, 11) is -3.31. The molecule has 7 heteroatoms. The molecular weight excluding hydrogens is 314 g/mol. The molecule has 0 aliphatic heterocycles. The van der Waals surface area contributed by atoms with Gasteiger partial charge >= 0.3 is 0 Å². The minimum absolute atomic E-state index is 0.128. The van der Waals surface area contributed by atoms with Crippen molar-refractivity contribution in [2.45, 2.75) is 33.2 Å². The lowest BCUT2D eigenvalue weighted by Gasteiger charge is -2.37. The largest absolute Gasteiger partial charge is 0.350 e. The van der Waals surface area contributed by atoms with Crippen LogP contribution in [0.25, 0.3) is 0 Å². The van der Waals surface area contributed by atoms with E-state index < -0.39 is 10.0 Å². The first-order valence-corrected chi connectivity index (χ1v) is 9.59. The van der Waals surface area contributed by atoms with Crippen molar-refractivity contribution in [3.63, 3.8) is 0 Å². The zero-order valence-corrected chi connectivity index (χ0v) is 15.3. The van der Waals surface area contributed by atoms with Crippen molar-refractivity contribution in [2.24, 2.45) is 0 Å². The Hall–Kier alpha value is -1.60. The van der Waals surface area contributed by atoms with Crippen LogP contribution in [0.4, 0.5) is 5.69 Å². The Kier molecular flexibility index (Phi) is 6.58. The average Bonchev–Trinajstić information content (AvgIpc) is 2.45. The molecule has 2 N–H and O–H groups in total. The predicted octanol–water partition coefficient (Wildman–Crippen LogP) is 1.91. The maximum absolute atomic E-state index is 12.2. The summed E-state index contributed by atoms with van der Waals surface area (Å²) >= 11 is 0. The molecule has 130 valence electrons. The molecule has 0 aromatic heterocycles. The highest BCUT2D eigenvalue weighted by Gasteiger charge is 2.24. The summed E-state index contributed by atoms with van der Waals surface area (Å²) < 4.78 is 24.7. The second-order valence-electron chi connectivity index (χ2n) is 6.12. The quantitative estimate of drug-likeness (QED) is 0.757. The highest BCUT2D eigenvalue weighted by Crippen LogP contribution is 2.14.